The largest absolute Gasteiger partial charge is 0.348 e. The highest BCUT2D eigenvalue weighted by Gasteiger charge is 2.25. The first-order valence-electron chi connectivity index (χ1n) is 12.4. The molecule has 10 nitrogen and oxygen atoms in total. The maximum absolute atomic E-state index is 13.8. The lowest BCUT2D eigenvalue weighted by Crippen LogP contribution is -2.36. The third-order valence-electron chi connectivity index (χ3n) is 7.06. The Balaban J connectivity index is 1.27. The second-order valence-corrected chi connectivity index (χ2v) is 9.48. The highest BCUT2D eigenvalue weighted by molar-refractivity contribution is 5.95. The van der Waals surface area contributed by atoms with E-state index in [0.29, 0.717) is 17.0 Å². The molecule has 1 saturated carbocycles. The van der Waals surface area contributed by atoms with E-state index in [1.165, 1.54) is 17.3 Å². The van der Waals surface area contributed by atoms with Gasteiger partial charge in [-0.1, -0.05) is 24.5 Å². The van der Waals surface area contributed by atoms with Gasteiger partial charge in [0.1, 0.15) is 11.4 Å². The fraction of sp³-hybridized carbons (Fsp3) is 0.458. The van der Waals surface area contributed by atoms with Gasteiger partial charge in [-0.05, 0) is 44.0 Å². The van der Waals surface area contributed by atoms with Crippen molar-refractivity contribution < 1.29 is 13.6 Å². The van der Waals surface area contributed by atoms with E-state index in [0.717, 1.165) is 50.7 Å². The van der Waals surface area contributed by atoms with Gasteiger partial charge in [-0.25, -0.2) is 18.0 Å². The quantitative estimate of drug-likeness (QED) is 0.425. The molecular formula is C24H27F2N9O. The first kappa shape index (κ1) is 22.8. The van der Waals surface area contributed by atoms with Gasteiger partial charge in [0.15, 0.2) is 5.69 Å². The molecule has 12 heteroatoms. The SMILES string of the molecule is O=C(NC1CCNC1)c1cnn2c(-c3cn(-c4cn(C5CCCCC5)nc4C(F)F)nn3)ccc2c1. The van der Waals surface area contributed by atoms with Gasteiger partial charge in [-0.15, -0.1) is 5.10 Å². The Hall–Kier alpha value is -3.67. The molecule has 36 heavy (non-hydrogen) atoms. The van der Waals surface area contributed by atoms with E-state index in [2.05, 4.69) is 31.1 Å². The number of carbonyl (C=O) groups is 1. The van der Waals surface area contributed by atoms with Crippen LogP contribution in [0.2, 0.25) is 0 Å². The molecule has 0 aromatic carbocycles. The van der Waals surface area contributed by atoms with Gasteiger partial charge in [0.05, 0.1) is 41.4 Å². The second kappa shape index (κ2) is 9.41. The van der Waals surface area contributed by atoms with E-state index < -0.39 is 6.43 Å². The molecule has 2 aliphatic rings. The number of hydrogen-bond donors (Lipinski definition) is 2. The molecule has 0 spiro atoms. The Morgan fingerprint density at radius 2 is 2.00 bits per heavy atom. The number of aromatic nitrogens is 7. The van der Waals surface area contributed by atoms with Crippen LogP contribution in [0.3, 0.4) is 0 Å². The number of nitrogens with zero attached hydrogens (tertiary/aromatic N) is 7. The Labute approximate surface area is 205 Å². The van der Waals surface area contributed by atoms with Crippen molar-refractivity contribution in [2.45, 2.75) is 57.0 Å². The minimum absolute atomic E-state index is 0.117. The third-order valence-corrected chi connectivity index (χ3v) is 7.06. The average Bonchev–Trinajstić information content (AvgIpc) is 3.69. The lowest BCUT2D eigenvalue weighted by Gasteiger charge is -2.21. The number of fused-ring (bicyclic) bond motifs is 1. The summed E-state index contributed by atoms with van der Waals surface area (Å²) in [5.41, 5.74) is 2.23. The van der Waals surface area contributed by atoms with E-state index >= 15 is 0 Å². The van der Waals surface area contributed by atoms with Crippen LogP contribution in [-0.2, 0) is 0 Å². The number of carbonyl (C=O) groups excluding carboxylic acids is 1. The van der Waals surface area contributed by atoms with Crippen molar-refractivity contribution in [3.05, 3.63) is 48.0 Å². The van der Waals surface area contributed by atoms with E-state index in [1.807, 2.05) is 12.1 Å². The molecule has 6 rings (SSSR count). The molecule has 1 saturated heterocycles. The van der Waals surface area contributed by atoms with Crippen LogP contribution in [0.1, 0.15) is 67.0 Å². The lowest BCUT2D eigenvalue weighted by atomic mass is 9.96. The molecule has 1 unspecified atom stereocenters. The zero-order chi connectivity index (χ0) is 24.6. The summed E-state index contributed by atoms with van der Waals surface area (Å²) in [6.45, 7) is 1.66. The number of alkyl halides is 2. The monoisotopic (exact) mass is 495 g/mol. The van der Waals surface area contributed by atoms with Gasteiger partial charge < -0.3 is 10.6 Å². The highest BCUT2D eigenvalue weighted by atomic mass is 19.3. The molecule has 188 valence electrons. The average molecular weight is 496 g/mol. The normalized spacial score (nSPS) is 18.9. The summed E-state index contributed by atoms with van der Waals surface area (Å²) < 4.78 is 32.3. The minimum Gasteiger partial charge on any atom is -0.348 e. The summed E-state index contributed by atoms with van der Waals surface area (Å²) in [5.74, 6) is -0.165. The maximum Gasteiger partial charge on any atom is 0.284 e. The second-order valence-electron chi connectivity index (χ2n) is 9.48. The van der Waals surface area contributed by atoms with E-state index in [9.17, 15) is 13.6 Å². The van der Waals surface area contributed by atoms with Crippen LogP contribution < -0.4 is 10.6 Å². The van der Waals surface area contributed by atoms with E-state index in [1.54, 1.807) is 27.7 Å². The Bertz CT molecular complexity index is 1380. The highest BCUT2D eigenvalue weighted by Crippen LogP contribution is 2.32. The number of amides is 1. The maximum atomic E-state index is 13.8. The van der Waals surface area contributed by atoms with Crippen molar-refractivity contribution in [3.63, 3.8) is 0 Å². The summed E-state index contributed by atoms with van der Waals surface area (Å²) in [4.78, 5) is 12.6. The Morgan fingerprint density at radius 3 is 2.78 bits per heavy atom. The summed E-state index contributed by atoms with van der Waals surface area (Å²) in [6, 6.07) is 5.66. The topological polar surface area (TPSA) is 107 Å². The zero-order valence-corrected chi connectivity index (χ0v) is 19.6. The summed E-state index contributed by atoms with van der Waals surface area (Å²) >= 11 is 0. The molecule has 0 radical (unpaired) electrons. The standard InChI is InChI=1S/C24H27F2N9O/c25-23(26)22-21(14-33(31-22)17-4-2-1-3-5-17)34-13-19(30-32-34)20-7-6-18-10-15(11-28-35(18)20)24(36)29-16-8-9-27-12-16/h6-7,10-11,13-14,16-17,23,27H,1-5,8-9,12H2,(H,29,36). The third kappa shape index (κ3) is 4.25. The van der Waals surface area contributed by atoms with Crippen LogP contribution in [-0.4, -0.2) is 59.4 Å². The molecular weight excluding hydrogens is 468 g/mol. The lowest BCUT2D eigenvalue weighted by molar-refractivity contribution is 0.0939. The van der Waals surface area contributed by atoms with Gasteiger partial charge in [-0.3, -0.25) is 9.48 Å². The molecule has 1 atom stereocenters. The Kier molecular flexibility index (Phi) is 5.96. The van der Waals surface area contributed by atoms with E-state index in [4.69, 9.17) is 0 Å². The van der Waals surface area contributed by atoms with Crippen LogP contribution in [0.15, 0.2) is 36.8 Å². The summed E-state index contributed by atoms with van der Waals surface area (Å²) in [5, 5.41) is 23.2. The van der Waals surface area contributed by atoms with Crippen molar-refractivity contribution in [2.24, 2.45) is 0 Å². The van der Waals surface area contributed by atoms with Gasteiger partial charge >= 0.3 is 0 Å². The Morgan fingerprint density at radius 1 is 1.14 bits per heavy atom. The van der Waals surface area contributed by atoms with Gasteiger partial charge in [0.25, 0.3) is 12.3 Å². The van der Waals surface area contributed by atoms with Crippen molar-refractivity contribution in [3.8, 4) is 17.1 Å². The number of hydrogen-bond acceptors (Lipinski definition) is 6. The fourth-order valence-electron chi connectivity index (χ4n) is 5.12. The summed E-state index contributed by atoms with van der Waals surface area (Å²) in [6.07, 6.45) is 8.14. The van der Waals surface area contributed by atoms with Gasteiger partial charge in [0, 0.05) is 12.6 Å². The van der Waals surface area contributed by atoms with Crippen molar-refractivity contribution in [2.75, 3.05) is 13.1 Å². The number of rotatable bonds is 6. The number of halogens is 2. The fourth-order valence-corrected chi connectivity index (χ4v) is 5.12. The molecule has 2 N–H and O–H groups in total. The van der Waals surface area contributed by atoms with Crippen LogP contribution in [0.4, 0.5) is 8.78 Å². The molecule has 0 bridgehead atoms. The van der Waals surface area contributed by atoms with Crippen LogP contribution in [0.25, 0.3) is 22.6 Å². The smallest absolute Gasteiger partial charge is 0.284 e. The molecule has 2 fully saturated rings. The van der Waals surface area contributed by atoms with Crippen LogP contribution >= 0.6 is 0 Å². The zero-order valence-electron chi connectivity index (χ0n) is 19.6. The summed E-state index contributed by atoms with van der Waals surface area (Å²) in [7, 11) is 0. The molecule has 4 aromatic heterocycles. The molecule has 5 heterocycles. The molecule has 1 aliphatic heterocycles. The van der Waals surface area contributed by atoms with Crippen LogP contribution in [0, 0.1) is 0 Å². The molecule has 1 aliphatic carbocycles. The van der Waals surface area contributed by atoms with Crippen molar-refractivity contribution >= 4 is 11.4 Å². The van der Waals surface area contributed by atoms with Gasteiger partial charge in [0.2, 0.25) is 0 Å². The molecule has 1 amide bonds. The predicted octanol–water partition coefficient (Wildman–Crippen LogP) is 3.31. The van der Waals surface area contributed by atoms with Crippen molar-refractivity contribution in [1.82, 2.24) is 45.0 Å². The van der Waals surface area contributed by atoms with Gasteiger partial charge in [-0.2, -0.15) is 10.2 Å². The van der Waals surface area contributed by atoms with E-state index in [-0.39, 0.29) is 29.4 Å². The van der Waals surface area contributed by atoms with Crippen LogP contribution in [0.5, 0.6) is 0 Å². The molecule has 4 aromatic rings. The minimum atomic E-state index is -2.72. The predicted molar refractivity (Wildman–Crippen MR) is 127 cm³/mol. The number of nitrogens with one attached hydrogen (secondary N) is 2. The first-order chi connectivity index (χ1) is 17.6. The first-order valence-corrected chi connectivity index (χ1v) is 12.4. The van der Waals surface area contributed by atoms with Crippen molar-refractivity contribution in [1.29, 1.82) is 0 Å².